The monoisotopic (exact) mass is 550 g/mol. The van der Waals surface area contributed by atoms with Crippen LogP contribution in [0, 0.1) is 0 Å². The van der Waals surface area contributed by atoms with Gasteiger partial charge in [-0.2, -0.15) is 5.10 Å². The van der Waals surface area contributed by atoms with E-state index in [1.165, 1.54) is 0 Å². The maximum Gasteiger partial charge on any atom is 0.273 e. The number of aliphatic hydroxyl groups is 1. The minimum Gasteiger partial charge on any atom is -0.395 e. The maximum atomic E-state index is 13.1. The number of hydrogen-bond acceptors (Lipinski definition) is 7. The molecule has 0 radical (unpaired) electrons. The van der Waals surface area contributed by atoms with E-state index >= 15 is 0 Å². The fourth-order valence-corrected chi connectivity index (χ4v) is 5.63. The molecule has 38 heavy (non-hydrogen) atoms. The van der Waals surface area contributed by atoms with Crippen LogP contribution in [-0.2, 0) is 13.1 Å². The van der Waals surface area contributed by atoms with Crippen LogP contribution in [0.1, 0.15) is 28.5 Å². The number of piperazine rings is 1. The minimum absolute atomic E-state index is 0.210. The molecule has 1 amide bonds. The molecule has 2 aromatic heterocycles. The SMILES string of the molecule is CCn1cc(C(=O)N/N=C/c2ccc(Cl)cc2)c2cc(-c3nc(CN4CCN(CCO)CC4)cs3)ccc21. The fourth-order valence-electron chi connectivity index (χ4n) is 4.70. The third-order valence-corrected chi connectivity index (χ3v) is 7.97. The lowest BCUT2D eigenvalue weighted by Gasteiger charge is -2.33. The van der Waals surface area contributed by atoms with Crippen molar-refractivity contribution in [3.05, 3.63) is 75.9 Å². The molecule has 10 heteroatoms. The second-order valence-electron chi connectivity index (χ2n) is 9.30. The van der Waals surface area contributed by atoms with E-state index in [1.54, 1.807) is 29.7 Å². The summed E-state index contributed by atoms with van der Waals surface area (Å²) < 4.78 is 2.07. The van der Waals surface area contributed by atoms with Gasteiger partial charge in [0.2, 0.25) is 0 Å². The quantitative estimate of drug-likeness (QED) is 0.239. The Balaban J connectivity index is 1.31. The van der Waals surface area contributed by atoms with Gasteiger partial charge in [-0.25, -0.2) is 10.4 Å². The number of rotatable bonds is 9. The Morgan fingerprint density at radius 3 is 2.66 bits per heavy atom. The molecule has 2 aromatic carbocycles. The van der Waals surface area contributed by atoms with Crippen LogP contribution in [0.5, 0.6) is 0 Å². The zero-order chi connectivity index (χ0) is 26.5. The van der Waals surface area contributed by atoms with Crippen molar-refractivity contribution in [1.82, 2.24) is 24.8 Å². The van der Waals surface area contributed by atoms with Gasteiger partial charge in [0.05, 0.1) is 24.1 Å². The summed E-state index contributed by atoms with van der Waals surface area (Å²) in [6.45, 7) is 8.47. The van der Waals surface area contributed by atoms with Gasteiger partial charge in [-0.05, 0) is 42.8 Å². The van der Waals surface area contributed by atoms with Gasteiger partial charge in [0.15, 0.2) is 0 Å². The van der Waals surface area contributed by atoms with Gasteiger partial charge >= 0.3 is 0 Å². The number of β-amino-alcohol motifs (C(OH)–C–C–N with tert-alkyl or cyclic N) is 1. The molecular formula is C28H31ClN6O2S. The first-order valence-corrected chi connectivity index (χ1v) is 14.0. The van der Waals surface area contributed by atoms with Crippen molar-refractivity contribution in [3.63, 3.8) is 0 Å². The van der Waals surface area contributed by atoms with Crippen LogP contribution in [0.4, 0.5) is 0 Å². The Morgan fingerprint density at radius 1 is 1.16 bits per heavy atom. The van der Waals surface area contributed by atoms with E-state index in [0.717, 1.165) is 78.5 Å². The Labute approximate surface area is 231 Å². The molecule has 198 valence electrons. The molecule has 1 aliphatic heterocycles. The van der Waals surface area contributed by atoms with Crippen molar-refractivity contribution in [2.45, 2.75) is 20.0 Å². The lowest BCUT2D eigenvalue weighted by Crippen LogP contribution is -2.46. The average Bonchev–Trinajstić information content (AvgIpc) is 3.55. The number of fused-ring (bicyclic) bond motifs is 1. The Bertz CT molecular complexity index is 1420. The van der Waals surface area contributed by atoms with Crippen LogP contribution >= 0.6 is 22.9 Å². The van der Waals surface area contributed by atoms with Gasteiger partial charge in [0, 0.05) is 78.9 Å². The Hall–Kier alpha value is -3.08. The summed E-state index contributed by atoms with van der Waals surface area (Å²) in [6.07, 6.45) is 3.48. The molecule has 3 heterocycles. The highest BCUT2D eigenvalue weighted by Gasteiger charge is 2.19. The molecule has 4 aromatic rings. The van der Waals surface area contributed by atoms with Crippen LogP contribution in [0.2, 0.25) is 5.02 Å². The average molecular weight is 551 g/mol. The second kappa shape index (κ2) is 12.2. The molecule has 0 aliphatic carbocycles. The number of nitrogens with zero attached hydrogens (tertiary/aromatic N) is 5. The fraction of sp³-hybridized carbons (Fsp3) is 0.321. The molecule has 1 fully saturated rings. The number of hydrogen-bond donors (Lipinski definition) is 2. The lowest BCUT2D eigenvalue weighted by atomic mass is 10.1. The summed E-state index contributed by atoms with van der Waals surface area (Å²) in [6, 6.07) is 13.4. The van der Waals surface area contributed by atoms with Crippen LogP contribution in [-0.4, -0.2) is 75.9 Å². The van der Waals surface area contributed by atoms with E-state index in [4.69, 9.17) is 21.7 Å². The topological polar surface area (TPSA) is 86.0 Å². The largest absolute Gasteiger partial charge is 0.395 e. The lowest BCUT2D eigenvalue weighted by molar-refractivity contribution is 0.0956. The van der Waals surface area contributed by atoms with Crippen LogP contribution in [0.3, 0.4) is 0 Å². The number of aryl methyl sites for hydroxylation is 1. The number of thiazole rings is 1. The molecule has 5 rings (SSSR count). The van der Waals surface area contributed by atoms with Crippen molar-refractivity contribution in [2.24, 2.45) is 5.10 Å². The molecule has 2 N–H and O–H groups in total. The van der Waals surface area contributed by atoms with Crippen molar-refractivity contribution in [3.8, 4) is 10.6 Å². The van der Waals surface area contributed by atoms with E-state index < -0.39 is 0 Å². The van der Waals surface area contributed by atoms with Gasteiger partial charge in [0.1, 0.15) is 5.01 Å². The first kappa shape index (κ1) is 26.5. The predicted molar refractivity (Wildman–Crippen MR) is 154 cm³/mol. The molecule has 8 nitrogen and oxygen atoms in total. The molecular weight excluding hydrogens is 520 g/mol. The standard InChI is InChI=1S/C28H31ClN6O2S/c1-2-35-18-25(27(37)32-30-16-20-3-6-22(29)7-4-20)24-15-21(5-8-26(24)35)28-31-23(19-38-28)17-34-11-9-33(10-12-34)13-14-36/h3-8,15-16,18-19,36H,2,9-14,17H2,1H3,(H,32,37)/b30-16+. The van der Waals surface area contributed by atoms with E-state index in [2.05, 4.69) is 55.4 Å². The van der Waals surface area contributed by atoms with E-state index in [9.17, 15) is 4.79 Å². The summed E-state index contributed by atoms with van der Waals surface area (Å²) >= 11 is 7.56. The molecule has 1 aliphatic rings. The molecule has 0 bridgehead atoms. The first-order chi connectivity index (χ1) is 18.5. The van der Waals surface area contributed by atoms with Gasteiger partial charge < -0.3 is 9.67 Å². The second-order valence-corrected chi connectivity index (χ2v) is 10.6. The predicted octanol–water partition coefficient (Wildman–Crippen LogP) is 4.31. The normalized spacial score (nSPS) is 15.0. The highest BCUT2D eigenvalue weighted by molar-refractivity contribution is 7.13. The molecule has 0 spiro atoms. The first-order valence-electron chi connectivity index (χ1n) is 12.8. The van der Waals surface area contributed by atoms with Gasteiger partial charge in [-0.3, -0.25) is 14.6 Å². The number of hydrazone groups is 1. The summed E-state index contributed by atoms with van der Waals surface area (Å²) in [7, 11) is 0. The van der Waals surface area contributed by atoms with Crippen LogP contribution < -0.4 is 5.43 Å². The van der Waals surface area contributed by atoms with Crippen LogP contribution in [0.15, 0.2) is 59.1 Å². The molecule has 0 atom stereocenters. The number of aromatic nitrogens is 2. The van der Waals surface area contributed by atoms with Crippen molar-refractivity contribution in [1.29, 1.82) is 0 Å². The van der Waals surface area contributed by atoms with E-state index in [-0.39, 0.29) is 12.5 Å². The van der Waals surface area contributed by atoms with E-state index in [1.807, 2.05) is 18.3 Å². The summed E-state index contributed by atoms with van der Waals surface area (Å²) in [5.74, 6) is -0.260. The number of amides is 1. The third kappa shape index (κ3) is 6.14. The number of nitrogens with one attached hydrogen (secondary N) is 1. The molecule has 0 saturated carbocycles. The van der Waals surface area contributed by atoms with Gasteiger partial charge in [0.25, 0.3) is 5.91 Å². The summed E-state index contributed by atoms with van der Waals surface area (Å²) in [5.41, 5.74) is 7.14. The van der Waals surface area contributed by atoms with Gasteiger partial charge in [-0.15, -0.1) is 11.3 Å². The smallest absolute Gasteiger partial charge is 0.273 e. The third-order valence-electron chi connectivity index (χ3n) is 6.78. The van der Waals surface area contributed by atoms with Crippen molar-refractivity contribution < 1.29 is 9.90 Å². The maximum absolute atomic E-state index is 13.1. The van der Waals surface area contributed by atoms with Crippen molar-refractivity contribution in [2.75, 3.05) is 39.3 Å². The molecule has 0 unspecified atom stereocenters. The number of benzene rings is 2. The van der Waals surface area contributed by atoms with Crippen LogP contribution in [0.25, 0.3) is 21.5 Å². The Kier molecular flexibility index (Phi) is 8.51. The highest BCUT2D eigenvalue weighted by Crippen LogP contribution is 2.30. The number of carbonyl (C=O) groups excluding carboxylic acids is 1. The van der Waals surface area contributed by atoms with Gasteiger partial charge in [-0.1, -0.05) is 23.7 Å². The van der Waals surface area contributed by atoms with E-state index in [0.29, 0.717) is 10.6 Å². The summed E-state index contributed by atoms with van der Waals surface area (Å²) in [4.78, 5) is 22.7. The summed E-state index contributed by atoms with van der Waals surface area (Å²) in [5, 5.41) is 17.9. The minimum atomic E-state index is -0.260. The number of halogens is 1. The Morgan fingerprint density at radius 2 is 1.92 bits per heavy atom. The molecule has 1 saturated heterocycles. The zero-order valence-electron chi connectivity index (χ0n) is 21.3. The zero-order valence-corrected chi connectivity index (χ0v) is 22.9. The number of carbonyl (C=O) groups is 1. The van der Waals surface area contributed by atoms with Crippen molar-refractivity contribution >= 4 is 46.0 Å². The number of aliphatic hydroxyl groups excluding tert-OH is 1. The highest BCUT2D eigenvalue weighted by atomic mass is 35.5.